The van der Waals surface area contributed by atoms with Crippen molar-refractivity contribution in [3.63, 3.8) is 0 Å². The van der Waals surface area contributed by atoms with E-state index >= 15 is 0 Å². The summed E-state index contributed by atoms with van der Waals surface area (Å²) in [5.41, 5.74) is 2.70. The fourth-order valence-electron chi connectivity index (χ4n) is 2.65. The minimum absolute atomic E-state index is 0.129. The molecule has 22 heavy (non-hydrogen) atoms. The fraction of sp³-hybridized carbons (Fsp3) is 0.222. The van der Waals surface area contributed by atoms with Gasteiger partial charge in [-0.1, -0.05) is 35.9 Å². The first kappa shape index (κ1) is 14.3. The molecule has 2 aromatic carbocycles. The second kappa shape index (κ2) is 6.02. The van der Waals surface area contributed by atoms with Crippen LogP contribution >= 0.6 is 0 Å². The summed E-state index contributed by atoms with van der Waals surface area (Å²) in [5, 5.41) is 2.83. The molecule has 2 aromatic rings. The predicted molar refractivity (Wildman–Crippen MR) is 86.7 cm³/mol. The van der Waals surface area contributed by atoms with Crippen molar-refractivity contribution in [1.29, 1.82) is 0 Å². The fourth-order valence-corrected chi connectivity index (χ4v) is 2.65. The summed E-state index contributed by atoms with van der Waals surface area (Å²) >= 11 is 0. The monoisotopic (exact) mass is 294 g/mol. The number of aryl methyl sites for hydroxylation is 1. The molecule has 1 fully saturated rings. The quantitative estimate of drug-likeness (QED) is 0.885. The molecule has 4 heteroatoms. The van der Waals surface area contributed by atoms with Crippen LogP contribution in [0.1, 0.15) is 12.0 Å². The molecule has 1 aliphatic heterocycles. The molecule has 0 spiro atoms. The Labute approximate surface area is 129 Å². The Balaban J connectivity index is 1.69. The van der Waals surface area contributed by atoms with Crippen LogP contribution in [0.2, 0.25) is 0 Å². The van der Waals surface area contributed by atoms with E-state index in [0.717, 1.165) is 16.9 Å². The van der Waals surface area contributed by atoms with Crippen molar-refractivity contribution in [3.8, 4) is 0 Å². The zero-order valence-electron chi connectivity index (χ0n) is 12.5. The highest BCUT2D eigenvalue weighted by atomic mass is 16.2. The number of carbonyl (C=O) groups is 2. The number of nitrogens with zero attached hydrogens (tertiary/aromatic N) is 1. The van der Waals surface area contributed by atoms with Crippen molar-refractivity contribution in [2.24, 2.45) is 5.92 Å². The molecule has 1 heterocycles. The molecule has 0 aliphatic carbocycles. The first-order chi connectivity index (χ1) is 10.6. The van der Waals surface area contributed by atoms with Gasteiger partial charge in [0.15, 0.2) is 0 Å². The van der Waals surface area contributed by atoms with Gasteiger partial charge in [0.25, 0.3) is 0 Å². The van der Waals surface area contributed by atoms with Gasteiger partial charge in [-0.15, -0.1) is 0 Å². The Morgan fingerprint density at radius 2 is 1.77 bits per heavy atom. The number of hydrogen-bond donors (Lipinski definition) is 1. The smallest absolute Gasteiger partial charge is 0.239 e. The first-order valence-corrected chi connectivity index (χ1v) is 7.39. The third-order valence-electron chi connectivity index (χ3n) is 3.91. The van der Waals surface area contributed by atoms with Crippen LogP contribution in [-0.2, 0) is 9.59 Å². The lowest BCUT2D eigenvalue weighted by molar-refractivity contribution is -0.129. The highest BCUT2D eigenvalue weighted by Gasteiger charge is 2.37. The number of nitrogens with one attached hydrogen (secondary N) is 1. The number of anilines is 2. The van der Waals surface area contributed by atoms with E-state index in [1.54, 1.807) is 4.90 Å². The lowest BCUT2D eigenvalue weighted by atomic mass is 10.1. The van der Waals surface area contributed by atoms with Crippen molar-refractivity contribution in [1.82, 2.24) is 0 Å². The van der Waals surface area contributed by atoms with Crippen LogP contribution in [0.5, 0.6) is 0 Å². The zero-order chi connectivity index (χ0) is 15.5. The molecule has 4 nitrogen and oxygen atoms in total. The van der Waals surface area contributed by atoms with Crippen molar-refractivity contribution in [2.45, 2.75) is 13.3 Å². The molecule has 2 amide bonds. The van der Waals surface area contributed by atoms with Gasteiger partial charge >= 0.3 is 0 Å². The highest BCUT2D eigenvalue weighted by Crippen LogP contribution is 2.26. The van der Waals surface area contributed by atoms with Gasteiger partial charge in [-0.3, -0.25) is 9.59 Å². The van der Waals surface area contributed by atoms with Crippen LogP contribution in [0.25, 0.3) is 0 Å². The topological polar surface area (TPSA) is 49.4 Å². The van der Waals surface area contributed by atoms with Gasteiger partial charge in [0.1, 0.15) is 5.92 Å². The van der Waals surface area contributed by atoms with E-state index in [9.17, 15) is 9.59 Å². The number of rotatable bonds is 3. The summed E-state index contributed by atoms with van der Waals surface area (Å²) in [5.74, 6) is -0.968. The summed E-state index contributed by atoms with van der Waals surface area (Å²) in [7, 11) is 0. The molecule has 0 aromatic heterocycles. The van der Waals surface area contributed by atoms with E-state index in [1.165, 1.54) is 0 Å². The SMILES string of the molecule is Cc1ccc(NC(=O)C2CCN(c3ccccc3)C2=O)cc1. The molecule has 1 N–H and O–H groups in total. The average Bonchev–Trinajstić information content (AvgIpc) is 2.92. The van der Waals surface area contributed by atoms with Crippen LogP contribution in [0.4, 0.5) is 11.4 Å². The lowest BCUT2D eigenvalue weighted by Crippen LogP contribution is -2.33. The average molecular weight is 294 g/mol. The van der Waals surface area contributed by atoms with Gasteiger partial charge in [0.05, 0.1) is 0 Å². The molecule has 112 valence electrons. The Morgan fingerprint density at radius 1 is 1.09 bits per heavy atom. The summed E-state index contributed by atoms with van der Waals surface area (Å²) in [6, 6.07) is 17.0. The van der Waals surface area contributed by atoms with Crippen LogP contribution in [0.15, 0.2) is 54.6 Å². The molecule has 1 saturated heterocycles. The van der Waals surface area contributed by atoms with Crippen molar-refractivity contribution in [3.05, 3.63) is 60.2 Å². The maximum absolute atomic E-state index is 12.5. The second-order valence-electron chi connectivity index (χ2n) is 5.52. The highest BCUT2D eigenvalue weighted by molar-refractivity contribution is 6.13. The summed E-state index contributed by atoms with van der Waals surface area (Å²) < 4.78 is 0. The zero-order valence-corrected chi connectivity index (χ0v) is 12.5. The van der Waals surface area contributed by atoms with Crippen molar-refractivity contribution in [2.75, 3.05) is 16.8 Å². The number of benzene rings is 2. The van der Waals surface area contributed by atoms with E-state index < -0.39 is 5.92 Å². The Morgan fingerprint density at radius 3 is 2.45 bits per heavy atom. The van der Waals surface area contributed by atoms with Crippen LogP contribution in [0.3, 0.4) is 0 Å². The first-order valence-electron chi connectivity index (χ1n) is 7.39. The molecule has 1 aliphatic rings. The van der Waals surface area contributed by atoms with Crippen LogP contribution < -0.4 is 10.2 Å². The maximum atomic E-state index is 12.5. The molecule has 3 rings (SSSR count). The van der Waals surface area contributed by atoms with Gasteiger partial charge in [-0.05, 0) is 37.6 Å². The molecule has 1 atom stereocenters. The summed E-state index contributed by atoms with van der Waals surface area (Å²) in [6.45, 7) is 2.57. The van der Waals surface area contributed by atoms with Crippen LogP contribution in [0, 0.1) is 12.8 Å². The van der Waals surface area contributed by atoms with Gasteiger partial charge < -0.3 is 10.2 Å². The molecule has 0 saturated carbocycles. The number of amides is 2. The Hall–Kier alpha value is -2.62. The summed E-state index contributed by atoms with van der Waals surface area (Å²) in [4.78, 5) is 26.5. The largest absolute Gasteiger partial charge is 0.325 e. The Bertz CT molecular complexity index is 680. The molecule has 0 radical (unpaired) electrons. The van der Waals surface area contributed by atoms with Gasteiger partial charge in [0, 0.05) is 17.9 Å². The molecular formula is C18H18N2O2. The number of hydrogen-bond acceptors (Lipinski definition) is 2. The minimum Gasteiger partial charge on any atom is -0.325 e. The molecule has 1 unspecified atom stereocenters. The van der Waals surface area contributed by atoms with E-state index in [0.29, 0.717) is 13.0 Å². The Kier molecular flexibility index (Phi) is 3.92. The second-order valence-corrected chi connectivity index (χ2v) is 5.52. The normalized spacial score (nSPS) is 17.6. The van der Waals surface area contributed by atoms with Crippen molar-refractivity contribution >= 4 is 23.2 Å². The standard InChI is InChI=1S/C18H18N2O2/c1-13-7-9-14(10-8-13)19-17(21)16-11-12-20(18(16)22)15-5-3-2-4-6-15/h2-10,16H,11-12H2,1H3,(H,19,21). The van der Waals surface area contributed by atoms with Gasteiger partial charge in [-0.25, -0.2) is 0 Å². The van der Waals surface area contributed by atoms with Gasteiger partial charge in [-0.2, -0.15) is 0 Å². The maximum Gasteiger partial charge on any atom is 0.239 e. The van der Waals surface area contributed by atoms with Crippen molar-refractivity contribution < 1.29 is 9.59 Å². The minimum atomic E-state index is -0.610. The predicted octanol–water partition coefficient (Wildman–Crippen LogP) is 2.99. The third kappa shape index (κ3) is 2.86. The summed E-state index contributed by atoms with van der Waals surface area (Å²) in [6.07, 6.45) is 0.547. The van der Waals surface area contributed by atoms with E-state index in [2.05, 4.69) is 5.32 Å². The van der Waals surface area contributed by atoms with Crippen LogP contribution in [-0.4, -0.2) is 18.4 Å². The number of para-hydroxylation sites is 1. The number of carbonyl (C=O) groups excluding carboxylic acids is 2. The molecule has 0 bridgehead atoms. The van der Waals surface area contributed by atoms with Gasteiger partial charge in [0.2, 0.25) is 11.8 Å². The van der Waals surface area contributed by atoms with E-state index in [4.69, 9.17) is 0 Å². The lowest BCUT2D eigenvalue weighted by Gasteiger charge is -2.16. The van der Waals surface area contributed by atoms with E-state index in [-0.39, 0.29) is 11.8 Å². The van der Waals surface area contributed by atoms with E-state index in [1.807, 2.05) is 61.5 Å². The molecular weight excluding hydrogens is 276 g/mol. The third-order valence-corrected chi connectivity index (χ3v) is 3.91.